The second-order valence-corrected chi connectivity index (χ2v) is 6.11. The lowest BCUT2D eigenvalue weighted by Gasteiger charge is -2.10. The van der Waals surface area contributed by atoms with E-state index in [0.29, 0.717) is 17.3 Å². The van der Waals surface area contributed by atoms with Crippen LogP contribution in [0.15, 0.2) is 66.9 Å². The van der Waals surface area contributed by atoms with Crippen LogP contribution in [0.4, 0.5) is 11.4 Å². The molecule has 4 nitrogen and oxygen atoms in total. The molecular weight excluding hydrogens is 334 g/mol. The minimum atomic E-state index is -0.210. The number of aromatic nitrogens is 1. The Morgan fingerprint density at radius 1 is 1.04 bits per heavy atom. The van der Waals surface area contributed by atoms with Crippen molar-refractivity contribution < 1.29 is 4.79 Å². The molecule has 0 atom stereocenters. The van der Waals surface area contributed by atoms with Gasteiger partial charge in [0.25, 0.3) is 5.91 Å². The Morgan fingerprint density at radius 2 is 1.84 bits per heavy atom. The molecule has 25 heavy (non-hydrogen) atoms. The number of anilines is 2. The van der Waals surface area contributed by atoms with E-state index in [1.165, 1.54) is 0 Å². The van der Waals surface area contributed by atoms with E-state index in [9.17, 15) is 4.79 Å². The van der Waals surface area contributed by atoms with Gasteiger partial charge in [0.1, 0.15) is 5.69 Å². The number of halogens is 1. The molecule has 0 spiro atoms. The third-order valence-corrected chi connectivity index (χ3v) is 4.04. The number of carbonyl (C=O) groups is 1. The van der Waals surface area contributed by atoms with E-state index in [2.05, 4.69) is 15.6 Å². The van der Waals surface area contributed by atoms with Gasteiger partial charge in [-0.3, -0.25) is 9.78 Å². The number of hydrogen-bond donors (Lipinski definition) is 2. The molecule has 0 aliphatic heterocycles. The van der Waals surface area contributed by atoms with Gasteiger partial charge in [-0.15, -0.1) is 0 Å². The van der Waals surface area contributed by atoms with Gasteiger partial charge in [-0.1, -0.05) is 41.9 Å². The van der Waals surface area contributed by atoms with Crippen molar-refractivity contribution in [3.8, 4) is 0 Å². The molecule has 1 amide bonds. The highest BCUT2D eigenvalue weighted by Gasteiger charge is 2.08. The monoisotopic (exact) mass is 351 g/mol. The summed E-state index contributed by atoms with van der Waals surface area (Å²) in [6.45, 7) is 2.49. The van der Waals surface area contributed by atoms with Gasteiger partial charge in [-0.2, -0.15) is 0 Å². The van der Waals surface area contributed by atoms with Crippen molar-refractivity contribution >= 4 is 28.9 Å². The standard InChI is InChI=1S/C20H18ClN3O/c1-14-5-2-3-6-15(14)13-23-20(25)19-12-18(9-10-22-19)24-17-8-4-7-16(21)11-17/h2-12H,13H2,1H3,(H,22,24)(H,23,25). The second kappa shape index (κ2) is 7.81. The predicted molar refractivity (Wildman–Crippen MR) is 101 cm³/mol. The molecule has 0 unspecified atom stereocenters. The molecule has 0 saturated carbocycles. The van der Waals surface area contributed by atoms with Crippen LogP contribution >= 0.6 is 11.6 Å². The van der Waals surface area contributed by atoms with Crippen molar-refractivity contribution in [3.63, 3.8) is 0 Å². The molecule has 0 aliphatic carbocycles. The summed E-state index contributed by atoms with van der Waals surface area (Å²) in [4.78, 5) is 16.5. The lowest BCUT2D eigenvalue weighted by atomic mass is 10.1. The highest BCUT2D eigenvalue weighted by Crippen LogP contribution is 2.20. The molecule has 0 fully saturated rings. The van der Waals surface area contributed by atoms with E-state index in [1.807, 2.05) is 55.5 Å². The molecular formula is C20H18ClN3O. The number of carbonyl (C=O) groups excluding carboxylic acids is 1. The first kappa shape index (κ1) is 17.0. The Hall–Kier alpha value is -2.85. The topological polar surface area (TPSA) is 54.0 Å². The fourth-order valence-corrected chi connectivity index (χ4v) is 2.63. The average Bonchev–Trinajstić information content (AvgIpc) is 2.61. The van der Waals surface area contributed by atoms with Gasteiger partial charge in [0.05, 0.1) is 0 Å². The largest absolute Gasteiger partial charge is 0.355 e. The van der Waals surface area contributed by atoms with Crippen LogP contribution in [0.2, 0.25) is 5.02 Å². The second-order valence-electron chi connectivity index (χ2n) is 5.67. The minimum Gasteiger partial charge on any atom is -0.355 e. The lowest BCUT2D eigenvalue weighted by Crippen LogP contribution is -2.24. The van der Waals surface area contributed by atoms with Crippen molar-refractivity contribution in [2.45, 2.75) is 13.5 Å². The maximum atomic E-state index is 12.4. The summed E-state index contributed by atoms with van der Waals surface area (Å²) >= 11 is 5.99. The molecule has 0 aliphatic rings. The third kappa shape index (κ3) is 4.58. The average molecular weight is 352 g/mol. The van der Waals surface area contributed by atoms with Gasteiger partial charge in [-0.05, 0) is 48.4 Å². The third-order valence-electron chi connectivity index (χ3n) is 3.81. The lowest BCUT2D eigenvalue weighted by molar-refractivity contribution is 0.0946. The Balaban J connectivity index is 1.68. The highest BCUT2D eigenvalue weighted by atomic mass is 35.5. The molecule has 2 N–H and O–H groups in total. The van der Waals surface area contributed by atoms with Gasteiger partial charge in [0, 0.05) is 29.1 Å². The number of benzene rings is 2. The molecule has 2 aromatic carbocycles. The van der Waals surface area contributed by atoms with Crippen molar-refractivity contribution in [3.05, 3.63) is 88.7 Å². The first-order chi connectivity index (χ1) is 12.1. The zero-order chi connectivity index (χ0) is 17.6. The molecule has 3 rings (SSSR count). The number of pyridine rings is 1. The molecule has 0 bridgehead atoms. The molecule has 0 radical (unpaired) electrons. The van der Waals surface area contributed by atoms with Crippen LogP contribution < -0.4 is 10.6 Å². The molecule has 3 aromatic rings. The Kier molecular flexibility index (Phi) is 5.31. The van der Waals surface area contributed by atoms with Crippen molar-refractivity contribution in [1.82, 2.24) is 10.3 Å². The molecule has 5 heteroatoms. The van der Waals surface area contributed by atoms with Gasteiger partial charge in [0.2, 0.25) is 0 Å². The van der Waals surface area contributed by atoms with Gasteiger partial charge in [-0.25, -0.2) is 0 Å². The number of rotatable bonds is 5. The molecule has 0 saturated heterocycles. The quantitative estimate of drug-likeness (QED) is 0.699. The highest BCUT2D eigenvalue weighted by molar-refractivity contribution is 6.30. The van der Waals surface area contributed by atoms with Crippen LogP contribution in [-0.4, -0.2) is 10.9 Å². The molecule has 1 heterocycles. The van der Waals surface area contributed by atoms with E-state index in [1.54, 1.807) is 18.3 Å². The molecule has 1 aromatic heterocycles. The van der Waals surface area contributed by atoms with Crippen LogP contribution in [0, 0.1) is 6.92 Å². The first-order valence-electron chi connectivity index (χ1n) is 7.93. The predicted octanol–water partition coefficient (Wildman–Crippen LogP) is 4.72. The van der Waals surface area contributed by atoms with Crippen LogP contribution in [0.3, 0.4) is 0 Å². The van der Waals surface area contributed by atoms with Crippen LogP contribution in [0.1, 0.15) is 21.6 Å². The maximum absolute atomic E-state index is 12.4. The SMILES string of the molecule is Cc1ccccc1CNC(=O)c1cc(Nc2cccc(Cl)c2)ccn1. The Labute approximate surface area is 151 Å². The number of nitrogens with one attached hydrogen (secondary N) is 2. The zero-order valence-corrected chi connectivity index (χ0v) is 14.5. The fraction of sp³-hybridized carbons (Fsp3) is 0.100. The zero-order valence-electron chi connectivity index (χ0n) is 13.8. The number of aryl methyl sites for hydroxylation is 1. The van der Waals surface area contributed by atoms with Crippen LogP contribution in [-0.2, 0) is 6.54 Å². The minimum absolute atomic E-state index is 0.210. The van der Waals surface area contributed by atoms with Gasteiger partial charge >= 0.3 is 0 Å². The van der Waals surface area contributed by atoms with E-state index in [-0.39, 0.29) is 5.91 Å². The number of hydrogen-bond acceptors (Lipinski definition) is 3. The van der Waals surface area contributed by atoms with Crippen LogP contribution in [0.25, 0.3) is 0 Å². The summed E-state index contributed by atoms with van der Waals surface area (Å²) in [7, 11) is 0. The smallest absolute Gasteiger partial charge is 0.270 e. The summed E-state index contributed by atoms with van der Waals surface area (Å²) in [6, 6.07) is 18.9. The van der Waals surface area contributed by atoms with E-state index >= 15 is 0 Å². The first-order valence-corrected chi connectivity index (χ1v) is 8.31. The van der Waals surface area contributed by atoms with E-state index < -0.39 is 0 Å². The number of amides is 1. The Bertz CT molecular complexity index is 895. The summed E-state index contributed by atoms with van der Waals surface area (Å²) in [5.41, 5.74) is 4.22. The van der Waals surface area contributed by atoms with Gasteiger partial charge < -0.3 is 10.6 Å². The number of nitrogens with zero attached hydrogens (tertiary/aromatic N) is 1. The van der Waals surface area contributed by atoms with Crippen molar-refractivity contribution in [2.24, 2.45) is 0 Å². The summed E-state index contributed by atoms with van der Waals surface area (Å²) < 4.78 is 0. The van der Waals surface area contributed by atoms with Gasteiger partial charge in [0.15, 0.2) is 0 Å². The summed E-state index contributed by atoms with van der Waals surface area (Å²) in [5, 5.41) is 6.77. The fourth-order valence-electron chi connectivity index (χ4n) is 2.44. The van der Waals surface area contributed by atoms with Crippen LogP contribution in [0.5, 0.6) is 0 Å². The maximum Gasteiger partial charge on any atom is 0.270 e. The van der Waals surface area contributed by atoms with E-state index in [4.69, 9.17) is 11.6 Å². The molecule has 126 valence electrons. The Morgan fingerprint density at radius 3 is 2.64 bits per heavy atom. The van der Waals surface area contributed by atoms with Crippen molar-refractivity contribution in [1.29, 1.82) is 0 Å². The normalized spacial score (nSPS) is 10.3. The van der Waals surface area contributed by atoms with Crippen molar-refractivity contribution in [2.75, 3.05) is 5.32 Å². The summed E-state index contributed by atoms with van der Waals surface area (Å²) in [6.07, 6.45) is 1.61. The van der Waals surface area contributed by atoms with E-state index in [0.717, 1.165) is 22.5 Å². The summed E-state index contributed by atoms with van der Waals surface area (Å²) in [5.74, 6) is -0.210.